The molecular formula is C9H12N4S2. The van der Waals surface area contributed by atoms with E-state index in [1.54, 1.807) is 17.5 Å². The summed E-state index contributed by atoms with van der Waals surface area (Å²) in [5.74, 6) is 5.49. The van der Waals surface area contributed by atoms with Crippen LogP contribution >= 0.6 is 23.1 Å². The number of thiophene rings is 1. The van der Waals surface area contributed by atoms with E-state index in [9.17, 15) is 0 Å². The maximum atomic E-state index is 5.49. The van der Waals surface area contributed by atoms with Crippen LogP contribution in [0.4, 0.5) is 0 Å². The fourth-order valence-electron chi connectivity index (χ4n) is 1.38. The van der Waals surface area contributed by atoms with Gasteiger partial charge in [-0.15, -0.1) is 11.3 Å². The van der Waals surface area contributed by atoms with Crippen molar-refractivity contribution in [3.8, 4) is 0 Å². The first kappa shape index (κ1) is 10.7. The molecular weight excluding hydrogens is 228 g/mol. The maximum absolute atomic E-state index is 5.49. The summed E-state index contributed by atoms with van der Waals surface area (Å²) in [4.78, 5) is 1.37. The Bertz CT molecular complexity index is 371. The fourth-order valence-corrected chi connectivity index (χ4v) is 2.58. The van der Waals surface area contributed by atoms with Crippen LogP contribution in [0.25, 0.3) is 0 Å². The van der Waals surface area contributed by atoms with Gasteiger partial charge in [0, 0.05) is 4.88 Å². The van der Waals surface area contributed by atoms with E-state index in [4.69, 9.17) is 5.84 Å². The molecule has 0 aromatic carbocycles. The van der Waals surface area contributed by atoms with Gasteiger partial charge >= 0.3 is 0 Å². The van der Waals surface area contributed by atoms with Crippen molar-refractivity contribution in [1.82, 2.24) is 14.2 Å². The van der Waals surface area contributed by atoms with E-state index in [-0.39, 0.29) is 6.04 Å². The predicted octanol–water partition coefficient (Wildman–Crippen LogP) is 1.74. The molecule has 3 N–H and O–H groups in total. The highest BCUT2D eigenvalue weighted by atomic mass is 32.1. The Morgan fingerprint density at radius 3 is 3.07 bits per heavy atom. The summed E-state index contributed by atoms with van der Waals surface area (Å²) in [6.45, 7) is 0. The van der Waals surface area contributed by atoms with Crippen molar-refractivity contribution in [1.29, 1.82) is 0 Å². The molecule has 2 heterocycles. The van der Waals surface area contributed by atoms with Gasteiger partial charge in [-0.1, -0.05) is 6.07 Å². The van der Waals surface area contributed by atoms with Crippen LogP contribution in [0.2, 0.25) is 0 Å². The Kier molecular flexibility index (Phi) is 3.79. The molecule has 80 valence electrons. The zero-order valence-electron chi connectivity index (χ0n) is 8.09. The minimum Gasteiger partial charge on any atom is -0.271 e. The molecule has 2 rings (SSSR count). The van der Waals surface area contributed by atoms with Crippen molar-refractivity contribution in [3.05, 3.63) is 34.3 Å². The number of hydrogen-bond acceptors (Lipinski definition) is 6. The topological polar surface area (TPSA) is 63.8 Å². The van der Waals surface area contributed by atoms with Crippen molar-refractivity contribution in [3.63, 3.8) is 0 Å². The van der Waals surface area contributed by atoms with Crippen molar-refractivity contribution in [2.75, 3.05) is 0 Å². The SMILES string of the molecule is NNC(CCc1cccs1)c1cnsn1. The Hall–Kier alpha value is -0.820. The van der Waals surface area contributed by atoms with Gasteiger partial charge in [0.05, 0.1) is 29.7 Å². The third-order valence-electron chi connectivity index (χ3n) is 2.20. The predicted molar refractivity (Wildman–Crippen MR) is 62.6 cm³/mol. The average molecular weight is 240 g/mol. The molecule has 15 heavy (non-hydrogen) atoms. The first-order chi connectivity index (χ1) is 7.40. The number of aromatic nitrogens is 2. The summed E-state index contributed by atoms with van der Waals surface area (Å²) >= 11 is 2.98. The van der Waals surface area contributed by atoms with Crippen molar-refractivity contribution < 1.29 is 0 Å². The van der Waals surface area contributed by atoms with E-state index in [1.807, 2.05) is 0 Å². The van der Waals surface area contributed by atoms with Gasteiger partial charge in [0.15, 0.2) is 0 Å². The quantitative estimate of drug-likeness (QED) is 0.617. The second-order valence-electron chi connectivity index (χ2n) is 3.17. The number of hydrazine groups is 1. The molecule has 4 nitrogen and oxygen atoms in total. The molecule has 1 atom stereocenters. The number of rotatable bonds is 5. The van der Waals surface area contributed by atoms with Crippen LogP contribution in [-0.4, -0.2) is 8.75 Å². The summed E-state index contributed by atoms with van der Waals surface area (Å²) in [5.41, 5.74) is 3.71. The molecule has 0 aliphatic heterocycles. The highest BCUT2D eigenvalue weighted by Crippen LogP contribution is 2.19. The molecule has 0 bridgehead atoms. The maximum Gasteiger partial charge on any atom is 0.0925 e. The molecule has 0 fully saturated rings. The number of nitrogens with one attached hydrogen (secondary N) is 1. The van der Waals surface area contributed by atoms with Crippen molar-refractivity contribution in [2.45, 2.75) is 18.9 Å². The first-order valence-electron chi connectivity index (χ1n) is 4.66. The number of hydrogen-bond donors (Lipinski definition) is 2. The lowest BCUT2D eigenvalue weighted by Gasteiger charge is -2.11. The van der Waals surface area contributed by atoms with Crippen LogP contribution in [0.1, 0.15) is 23.0 Å². The van der Waals surface area contributed by atoms with Gasteiger partial charge in [0.1, 0.15) is 0 Å². The second kappa shape index (κ2) is 5.32. The average Bonchev–Trinajstić information content (AvgIpc) is 2.90. The minimum atomic E-state index is 0.103. The van der Waals surface area contributed by atoms with E-state index in [0.717, 1.165) is 18.5 Å². The lowest BCUT2D eigenvalue weighted by molar-refractivity contribution is 0.509. The van der Waals surface area contributed by atoms with Gasteiger partial charge in [-0.25, -0.2) is 0 Å². The minimum absolute atomic E-state index is 0.103. The van der Waals surface area contributed by atoms with E-state index < -0.39 is 0 Å². The molecule has 0 saturated heterocycles. The molecule has 1 unspecified atom stereocenters. The number of nitrogens with zero attached hydrogens (tertiary/aromatic N) is 2. The standard InChI is InChI=1S/C9H12N4S2/c10-12-8(9-6-11-15-13-9)4-3-7-2-1-5-14-7/h1-2,5-6,8,12H,3-4,10H2. The monoisotopic (exact) mass is 240 g/mol. The Morgan fingerprint density at radius 1 is 1.53 bits per heavy atom. The molecule has 0 saturated carbocycles. The molecule has 2 aromatic heterocycles. The lowest BCUT2D eigenvalue weighted by atomic mass is 10.1. The third-order valence-corrected chi connectivity index (χ3v) is 3.62. The van der Waals surface area contributed by atoms with E-state index in [0.29, 0.717) is 0 Å². The molecule has 6 heteroatoms. The van der Waals surface area contributed by atoms with Gasteiger partial charge in [0.25, 0.3) is 0 Å². The summed E-state index contributed by atoms with van der Waals surface area (Å²) < 4.78 is 8.15. The highest BCUT2D eigenvalue weighted by Gasteiger charge is 2.12. The zero-order chi connectivity index (χ0) is 10.5. The van der Waals surface area contributed by atoms with Crippen LogP contribution in [0, 0.1) is 0 Å². The normalized spacial score (nSPS) is 12.9. The summed E-state index contributed by atoms with van der Waals surface area (Å²) in [6.07, 6.45) is 3.73. The summed E-state index contributed by atoms with van der Waals surface area (Å²) in [6, 6.07) is 4.30. The second-order valence-corrected chi connectivity index (χ2v) is 4.76. The zero-order valence-corrected chi connectivity index (χ0v) is 9.72. The van der Waals surface area contributed by atoms with Crippen molar-refractivity contribution >= 4 is 23.1 Å². The highest BCUT2D eigenvalue weighted by molar-refractivity contribution is 7.09. The third kappa shape index (κ3) is 2.82. The Balaban J connectivity index is 1.92. The molecule has 0 amide bonds. The van der Waals surface area contributed by atoms with Gasteiger partial charge in [0.2, 0.25) is 0 Å². The molecule has 0 spiro atoms. The smallest absolute Gasteiger partial charge is 0.0925 e. The molecule has 0 aliphatic rings. The van der Waals surface area contributed by atoms with Crippen LogP contribution in [0.3, 0.4) is 0 Å². The Morgan fingerprint density at radius 2 is 2.47 bits per heavy atom. The fraction of sp³-hybridized carbons (Fsp3) is 0.333. The largest absolute Gasteiger partial charge is 0.271 e. The first-order valence-corrected chi connectivity index (χ1v) is 6.27. The van der Waals surface area contributed by atoms with E-state index in [2.05, 4.69) is 31.7 Å². The van der Waals surface area contributed by atoms with Crippen LogP contribution in [0.15, 0.2) is 23.7 Å². The molecule has 0 aliphatic carbocycles. The van der Waals surface area contributed by atoms with E-state index >= 15 is 0 Å². The molecule has 0 radical (unpaired) electrons. The van der Waals surface area contributed by atoms with Gasteiger partial charge < -0.3 is 0 Å². The number of aryl methyl sites for hydroxylation is 1. The number of nitrogens with two attached hydrogens (primary N) is 1. The van der Waals surface area contributed by atoms with Crippen LogP contribution < -0.4 is 11.3 Å². The van der Waals surface area contributed by atoms with Gasteiger partial charge in [-0.3, -0.25) is 11.3 Å². The van der Waals surface area contributed by atoms with Crippen LogP contribution in [0.5, 0.6) is 0 Å². The molecule has 2 aromatic rings. The van der Waals surface area contributed by atoms with Gasteiger partial charge in [-0.2, -0.15) is 8.75 Å². The van der Waals surface area contributed by atoms with Gasteiger partial charge in [-0.05, 0) is 24.3 Å². The summed E-state index contributed by atoms with van der Waals surface area (Å²) in [5, 5.41) is 2.09. The van der Waals surface area contributed by atoms with Crippen LogP contribution in [-0.2, 0) is 6.42 Å². The van der Waals surface area contributed by atoms with E-state index in [1.165, 1.54) is 16.6 Å². The Labute approximate surface area is 96.4 Å². The van der Waals surface area contributed by atoms with Crippen molar-refractivity contribution in [2.24, 2.45) is 5.84 Å². The lowest BCUT2D eigenvalue weighted by Crippen LogP contribution is -2.28. The summed E-state index contributed by atoms with van der Waals surface area (Å²) in [7, 11) is 0.